The van der Waals surface area contributed by atoms with Gasteiger partial charge in [0.25, 0.3) is 0 Å². The maximum absolute atomic E-state index is 6.09. The Bertz CT molecular complexity index is 685. The molecule has 20 heavy (non-hydrogen) atoms. The lowest BCUT2D eigenvalue weighted by Gasteiger charge is -2.17. The van der Waals surface area contributed by atoms with Crippen LogP contribution in [0, 0.1) is 0 Å². The summed E-state index contributed by atoms with van der Waals surface area (Å²) in [7, 11) is 0. The largest absolute Gasteiger partial charge is 0.454 e. The topological polar surface area (TPSA) is 70.3 Å². The second-order valence-electron chi connectivity index (χ2n) is 5.13. The Morgan fingerprint density at radius 3 is 2.80 bits per heavy atom. The molecule has 0 bridgehead atoms. The lowest BCUT2D eigenvalue weighted by atomic mass is 9.96. The van der Waals surface area contributed by atoms with Gasteiger partial charge in [-0.3, -0.25) is 0 Å². The van der Waals surface area contributed by atoms with Gasteiger partial charge < -0.3 is 15.2 Å². The highest BCUT2D eigenvalue weighted by molar-refractivity contribution is 5.64. The van der Waals surface area contributed by atoms with Crippen LogP contribution < -0.4 is 15.2 Å². The quantitative estimate of drug-likeness (QED) is 0.860. The van der Waals surface area contributed by atoms with Crippen LogP contribution >= 0.6 is 0 Å². The standard InChI is InChI=1S/C15H15N3O2/c16-14-10-3-1-2-4-11(10)17-15(18-14)9-5-6-12-13(7-9)20-8-19-12/h5-7H,1-4,8H2,(H2,16,17,18). The first-order chi connectivity index (χ1) is 9.81. The van der Waals surface area contributed by atoms with Gasteiger partial charge in [0.2, 0.25) is 6.79 Å². The average molecular weight is 269 g/mol. The van der Waals surface area contributed by atoms with Gasteiger partial charge in [-0.2, -0.15) is 0 Å². The number of aryl methyl sites for hydroxylation is 1. The highest BCUT2D eigenvalue weighted by atomic mass is 16.7. The molecule has 0 amide bonds. The van der Waals surface area contributed by atoms with Crippen LogP contribution in [0.2, 0.25) is 0 Å². The number of benzene rings is 1. The molecular formula is C15H15N3O2. The van der Waals surface area contributed by atoms with Crippen LogP contribution in [0.3, 0.4) is 0 Å². The van der Waals surface area contributed by atoms with E-state index in [4.69, 9.17) is 15.2 Å². The Morgan fingerprint density at radius 2 is 1.85 bits per heavy atom. The van der Waals surface area contributed by atoms with E-state index in [2.05, 4.69) is 9.97 Å². The normalized spacial score (nSPS) is 16.0. The third-order valence-corrected chi connectivity index (χ3v) is 3.85. The number of fused-ring (bicyclic) bond motifs is 2. The van der Waals surface area contributed by atoms with E-state index >= 15 is 0 Å². The number of aromatic nitrogens is 2. The number of hydrogen-bond acceptors (Lipinski definition) is 5. The highest BCUT2D eigenvalue weighted by Crippen LogP contribution is 2.36. The van der Waals surface area contributed by atoms with Gasteiger partial charge >= 0.3 is 0 Å². The summed E-state index contributed by atoms with van der Waals surface area (Å²) in [5, 5.41) is 0. The lowest BCUT2D eigenvalue weighted by Crippen LogP contribution is -2.11. The number of anilines is 1. The molecule has 1 aromatic carbocycles. The number of nitrogen functional groups attached to an aromatic ring is 1. The van der Waals surface area contributed by atoms with Crippen molar-refractivity contribution in [3.05, 3.63) is 29.5 Å². The minimum absolute atomic E-state index is 0.270. The fourth-order valence-electron chi connectivity index (χ4n) is 2.79. The van der Waals surface area contributed by atoms with Crippen LogP contribution in [0.4, 0.5) is 5.82 Å². The zero-order valence-corrected chi connectivity index (χ0v) is 11.1. The molecule has 5 heteroatoms. The molecule has 102 valence electrons. The van der Waals surface area contributed by atoms with Crippen LogP contribution in [0.15, 0.2) is 18.2 Å². The third kappa shape index (κ3) is 1.78. The summed E-state index contributed by atoms with van der Waals surface area (Å²) in [5.41, 5.74) is 9.22. The van der Waals surface area contributed by atoms with Gasteiger partial charge in [-0.1, -0.05) is 0 Å². The van der Waals surface area contributed by atoms with Crippen LogP contribution in [-0.2, 0) is 12.8 Å². The third-order valence-electron chi connectivity index (χ3n) is 3.85. The van der Waals surface area contributed by atoms with E-state index in [0.29, 0.717) is 11.6 Å². The zero-order chi connectivity index (χ0) is 13.5. The predicted octanol–water partition coefficient (Wildman–Crippen LogP) is 2.33. The predicted molar refractivity (Wildman–Crippen MR) is 74.6 cm³/mol. The number of rotatable bonds is 1. The number of nitrogens with two attached hydrogens (primary N) is 1. The Labute approximate surface area is 116 Å². The highest BCUT2D eigenvalue weighted by Gasteiger charge is 2.19. The summed E-state index contributed by atoms with van der Waals surface area (Å²) in [6, 6.07) is 5.74. The van der Waals surface area contributed by atoms with E-state index in [9.17, 15) is 0 Å². The number of hydrogen-bond donors (Lipinski definition) is 1. The van der Waals surface area contributed by atoms with Gasteiger partial charge in [0.15, 0.2) is 17.3 Å². The minimum Gasteiger partial charge on any atom is -0.454 e. The molecule has 0 unspecified atom stereocenters. The molecule has 0 atom stereocenters. The molecule has 1 aromatic heterocycles. The minimum atomic E-state index is 0.270. The van der Waals surface area contributed by atoms with Crippen LogP contribution in [0.25, 0.3) is 11.4 Å². The molecule has 2 heterocycles. The van der Waals surface area contributed by atoms with Crippen molar-refractivity contribution in [2.75, 3.05) is 12.5 Å². The summed E-state index contributed by atoms with van der Waals surface area (Å²) in [6.07, 6.45) is 4.32. The molecular weight excluding hydrogens is 254 g/mol. The van der Waals surface area contributed by atoms with Gasteiger partial charge in [-0.25, -0.2) is 9.97 Å². The van der Waals surface area contributed by atoms with Crippen LogP contribution in [0.5, 0.6) is 11.5 Å². The first-order valence-corrected chi connectivity index (χ1v) is 6.86. The van der Waals surface area contributed by atoms with E-state index in [1.807, 2.05) is 18.2 Å². The first-order valence-electron chi connectivity index (χ1n) is 6.86. The van der Waals surface area contributed by atoms with Crippen molar-refractivity contribution in [1.82, 2.24) is 9.97 Å². The average Bonchev–Trinajstić information content (AvgIpc) is 2.94. The van der Waals surface area contributed by atoms with Gasteiger partial charge in [0.05, 0.1) is 0 Å². The fourth-order valence-corrected chi connectivity index (χ4v) is 2.79. The Kier molecular flexibility index (Phi) is 2.52. The molecule has 1 aliphatic heterocycles. The van der Waals surface area contributed by atoms with Crippen molar-refractivity contribution in [3.8, 4) is 22.9 Å². The summed E-state index contributed by atoms with van der Waals surface area (Å²) >= 11 is 0. The summed E-state index contributed by atoms with van der Waals surface area (Å²) in [6.45, 7) is 0.270. The molecule has 0 fully saturated rings. The summed E-state index contributed by atoms with van der Waals surface area (Å²) in [5.74, 6) is 2.78. The van der Waals surface area contributed by atoms with Crippen molar-refractivity contribution in [2.45, 2.75) is 25.7 Å². The molecule has 0 saturated heterocycles. The summed E-state index contributed by atoms with van der Waals surface area (Å²) < 4.78 is 10.7. The van der Waals surface area contributed by atoms with Gasteiger partial charge in [-0.05, 0) is 43.9 Å². The molecule has 2 N–H and O–H groups in total. The smallest absolute Gasteiger partial charge is 0.231 e. The molecule has 0 spiro atoms. The maximum Gasteiger partial charge on any atom is 0.231 e. The first kappa shape index (κ1) is 11.5. The zero-order valence-electron chi connectivity index (χ0n) is 11.1. The molecule has 2 aromatic rings. The monoisotopic (exact) mass is 269 g/mol. The van der Waals surface area contributed by atoms with Crippen molar-refractivity contribution < 1.29 is 9.47 Å². The van der Waals surface area contributed by atoms with E-state index in [-0.39, 0.29) is 6.79 Å². The van der Waals surface area contributed by atoms with E-state index < -0.39 is 0 Å². The molecule has 2 aliphatic rings. The molecule has 4 rings (SSSR count). The lowest BCUT2D eigenvalue weighted by molar-refractivity contribution is 0.174. The molecule has 5 nitrogen and oxygen atoms in total. The van der Waals surface area contributed by atoms with Crippen LogP contribution in [-0.4, -0.2) is 16.8 Å². The Hall–Kier alpha value is -2.30. The summed E-state index contributed by atoms with van der Waals surface area (Å²) in [4.78, 5) is 9.13. The second-order valence-corrected chi connectivity index (χ2v) is 5.13. The maximum atomic E-state index is 6.09. The Balaban J connectivity index is 1.80. The number of nitrogens with zero attached hydrogens (tertiary/aromatic N) is 2. The van der Waals surface area contributed by atoms with Gasteiger partial charge in [0, 0.05) is 16.8 Å². The van der Waals surface area contributed by atoms with Gasteiger partial charge in [-0.15, -0.1) is 0 Å². The van der Waals surface area contributed by atoms with Crippen molar-refractivity contribution in [1.29, 1.82) is 0 Å². The molecule has 0 radical (unpaired) electrons. The number of ether oxygens (including phenoxy) is 2. The van der Waals surface area contributed by atoms with E-state index in [1.165, 1.54) is 12.8 Å². The van der Waals surface area contributed by atoms with Crippen molar-refractivity contribution in [3.63, 3.8) is 0 Å². The van der Waals surface area contributed by atoms with E-state index in [0.717, 1.165) is 41.2 Å². The van der Waals surface area contributed by atoms with E-state index in [1.54, 1.807) is 0 Å². The second kappa shape index (κ2) is 4.37. The molecule has 0 saturated carbocycles. The Morgan fingerprint density at radius 1 is 1.00 bits per heavy atom. The molecule has 1 aliphatic carbocycles. The van der Waals surface area contributed by atoms with Crippen LogP contribution in [0.1, 0.15) is 24.1 Å². The SMILES string of the molecule is Nc1nc(-c2ccc3c(c2)OCO3)nc2c1CCCC2. The van der Waals surface area contributed by atoms with Crippen molar-refractivity contribution in [2.24, 2.45) is 0 Å². The van der Waals surface area contributed by atoms with Crippen molar-refractivity contribution >= 4 is 5.82 Å². The van der Waals surface area contributed by atoms with Gasteiger partial charge in [0.1, 0.15) is 5.82 Å². The fraction of sp³-hybridized carbons (Fsp3) is 0.333.